The fraction of sp³-hybridized carbons (Fsp3) is 0.111. The van der Waals surface area contributed by atoms with Crippen LogP contribution in [0.2, 0.25) is 0 Å². The Labute approximate surface area is 81.0 Å². The number of hydrogen-bond donors (Lipinski definition) is 1. The Bertz CT molecular complexity index is 450. The summed E-state index contributed by atoms with van der Waals surface area (Å²) in [6, 6.07) is 5.75. The SMILES string of the molecule is O=C(O)Cc1cccc2[se]ncc12. The first-order chi connectivity index (χ1) is 6.27. The van der Waals surface area contributed by atoms with Crippen LogP contribution in [0.3, 0.4) is 0 Å². The molecule has 0 spiro atoms. The van der Waals surface area contributed by atoms with Crippen molar-refractivity contribution in [1.29, 1.82) is 0 Å². The van der Waals surface area contributed by atoms with Gasteiger partial charge in [-0.2, -0.15) is 0 Å². The zero-order valence-electron chi connectivity index (χ0n) is 6.73. The average Bonchev–Trinajstić information content (AvgIpc) is 2.51. The maximum absolute atomic E-state index is 10.5. The van der Waals surface area contributed by atoms with Crippen LogP contribution in [0.15, 0.2) is 24.4 Å². The summed E-state index contributed by atoms with van der Waals surface area (Å²) in [6.07, 6.45) is 1.87. The van der Waals surface area contributed by atoms with Crippen molar-refractivity contribution >= 4 is 30.3 Å². The third-order valence-electron chi connectivity index (χ3n) is 1.83. The van der Waals surface area contributed by atoms with Gasteiger partial charge in [-0.3, -0.25) is 0 Å². The summed E-state index contributed by atoms with van der Waals surface area (Å²) in [6.45, 7) is 0. The molecule has 1 N–H and O–H groups in total. The Balaban J connectivity index is 2.54. The molecule has 0 aliphatic heterocycles. The van der Waals surface area contributed by atoms with Crippen molar-refractivity contribution in [3.63, 3.8) is 0 Å². The van der Waals surface area contributed by atoms with Gasteiger partial charge >= 0.3 is 80.6 Å². The van der Waals surface area contributed by atoms with Crippen molar-refractivity contribution in [2.45, 2.75) is 6.42 Å². The predicted molar refractivity (Wildman–Crippen MR) is 50.0 cm³/mol. The quantitative estimate of drug-likeness (QED) is 0.794. The molecule has 0 saturated carbocycles. The van der Waals surface area contributed by atoms with Gasteiger partial charge in [0.1, 0.15) is 0 Å². The molecule has 2 rings (SSSR count). The zero-order valence-corrected chi connectivity index (χ0v) is 8.44. The van der Waals surface area contributed by atoms with Gasteiger partial charge in [-0.25, -0.2) is 0 Å². The standard InChI is InChI=1S/C9H7NO2Se/c11-9(12)4-6-2-1-3-8-7(6)5-10-13-8/h1-3,5H,4H2,(H,11,12). The Hall–Kier alpha value is -1.12. The molecule has 0 radical (unpaired) electrons. The van der Waals surface area contributed by atoms with Gasteiger partial charge < -0.3 is 0 Å². The summed E-state index contributed by atoms with van der Waals surface area (Å²) in [4.78, 5) is 10.5. The summed E-state index contributed by atoms with van der Waals surface area (Å²) in [7, 11) is 0. The van der Waals surface area contributed by atoms with E-state index < -0.39 is 5.97 Å². The average molecular weight is 240 g/mol. The Morgan fingerprint density at radius 1 is 1.54 bits per heavy atom. The van der Waals surface area contributed by atoms with Crippen LogP contribution in [0, 0.1) is 0 Å². The van der Waals surface area contributed by atoms with E-state index in [1.807, 2.05) is 18.2 Å². The molecule has 0 aliphatic rings. The number of carboxylic acids is 1. The number of nitrogens with zero attached hydrogens (tertiary/aromatic N) is 1. The van der Waals surface area contributed by atoms with Crippen molar-refractivity contribution < 1.29 is 9.90 Å². The number of fused-ring (bicyclic) bond motifs is 1. The first-order valence-electron chi connectivity index (χ1n) is 3.81. The molecule has 0 fully saturated rings. The molecule has 66 valence electrons. The maximum atomic E-state index is 10.5. The molecule has 0 unspecified atom stereocenters. The molecule has 0 amide bonds. The molecule has 3 nitrogen and oxygen atoms in total. The van der Waals surface area contributed by atoms with Gasteiger partial charge in [0.15, 0.2) is 0 Å². The molecular weight excluding hydrogens is 233 g/mol. The molecule has 2 aromatic rings. The number of aliphatic carboxylic acids is 1. The summed E-state index contributed by atoms with van der Waals surface area (Å²) >= 11 is 0.157. The number of aromatic nitrogens is 1. The molecule has 1 heterocycles. The molecular formula is C9H7NO2Se. The van der Waals surface area contributed by atoms with Crippen LogP contribution in [0.25, 0.3) is 9.65 Å². The van der Waals surface area contributed by atoms with E-state index in [2.05, 4.69) is 3.98 Å². The van der Waals surface area contributed by atoms with Gasteiger partial charge in [0.05, 0.1) is 0 Å². The van der Waals surface area contributed by atoms with E-state index in [4.69, 9.17) is 5.11 Å². The van der Waals surface area contributed by atoms with Crippen LogP contribution < -0.4 is 0 Å². The molecule has 0 saturated heterocycles. The van der Waals surface area contributed by atoms with Gasteiger partial charge in [-0.15, -0.1) is 0 Å². The van der Waals surface area contributed by atoms with Gasteiger partial charge in [0.2, 0.25) is 0 Å². The van der Waals surface area contributed by atoms with Crippen LogP contribution in [-0.4, -0.2) is 29.8 Å². The predicted octanol–water partition coefficient (Wildman–Crippen LogP) is 0.919. The van der Waals surface area contributed by atoms with Crippen LogP contribution in [0.1, 0.15) is 5.56 Å². The topological polar surface area (TPSA) is 50.2 Å². The van der Waals surface area contributed by atoms with Crippen LogP contribution in [-0.2, 0) is 11.2 Å². The monoisotopic (exact) mass is 241 g/mol. The van der Waals surface area contributed by atoms with Crippen LogP contribution in [0.5, 0.6) is 0 Å². The first kappa shape index (κ1) is 8.48. The molecule has 0 bridgehead atoms. The zero-order chi connectivity index (χ0) is 9.26. The molecule has 0 aliphatic carbocycles. The summed E-state index contributed by atoms with van der Waals surface area (Å²) in [5, 5.41) is 9.68. The summed E-state index contributed by atoms with van der Waals surface area (Å²) < 4.78 is 5.35. The fourth-order valence-corrected chi connectivity index (χ4v) is 2.72. The number of carboxylic acid groups (broad SMARTS) is 1. The second-order valence-corrected chi connectivity index (χ2v) is 4.47. The second kappa shape index (κ2) is 3.32. The van der Waals surface area contributed by atoms with Crippen LogP contribution >= 0.6 is 0 Å². The Morgan fingerprint density at radius 2 is 2.38 bits per heavy atom. The van der Waals surface area contributed by atoms with E-state index in [0.717, 1.165) is 10.9 Å². The molecule has 4 heteroatoms. The summed E-state index contributed by atoms with van der Waals surface area (Å²) in [5.74, 6) is -0.791. The normalized spacial score (nSPS) is 10.5. The number of rotatable bonds is 2. The third kappa shape index (κ3) is 1.64. The van der Waals surface area contributed by atoms with E-state index in [1.165, 1.54) is 4.26 Å². The van der Waals surface area contributed by atoms with Crippen molar-refractivity contribution in [3.05, 3.63) is 30.0 Å². The molecule has 1 aromatic carbocycles. The van der Waals surface area contributed by atoms with Gasteiger partial charge in [-0.1, -0.05) is 0 Å². The fourth-order valence-electron chi connectivity index (χ4n) is 1.27. The minimum atomic E-state index is -0.791. The number of carbonyl (C=O) groups is 1. The number of benzene rings is 1. The van der Waals surface area contributed by atoms with Gasteiger partial charge in [0, 0.05) is 0 Å². The molecule has 13 heavy (non-hydrogen) atoms. The van der Waals surface area contributed by atoms with E-state index in [9.17, 15) is 4.79 Å². The molecule has 1 aromatic heterocycles. The van der Waals surface area contributed by atoms with E-state index >= 15 is 0 Å². The van der Waals surface area contributed by atoms with Crippen molar-refractivity contribution in [3.8, 4) is 0 Å². The van der Waals surface area contributed by atoms with E-state index in [-0.39, 0.29) is 21.2 Å². The molecule has 0 atom stereocenters. The Morgan fingerprint density at radius 3 is 3.15 bits per heavy atom. The first-order valence-corrected chi connectivity index (χ1v) is 5.44. The number of hydrogen-bond acceptors (Lipinski definition) is 2. The van der Waals surface area contributed by atoms with Crippen molar-refractivity contribution in [2.24, 2.45) is 0 Å². The van der Waals surface area contributed by atoms with Crippen LogP contribution in [0.4, 0.5) is 0 Å². The van der Waals surface area contributed by atoms with Gasteiger partial charge in [0.25, 0.3) is 0 Å². The summed E-state index contributed by atoms with van der Waals surface area (Å²) in [5.41, 5.74) is 0.869. The van der Waals surface area contributed by atoms with Crippen molar-refractivity contribution in [2.75, 3.05) is 0 Å². The van der Waals surface area contributed by atoms with Crippen molar-refractivity contribution in [1.82, 2.24) is 3.98 Å². The third-order valence-corrected chi connectivity index (χ3v) is 3.43. The van der Waals surface area contributed by atoms with Gasteiger partial charge in [-0.05, 0) is 0 Å². The second-order valence-electron chi connectivity index (χ2n) is 2.73. The van der Waals surface area contributed by atoms with E-state index in [1.54, 1.807) is 6.20 Å². The Kier molecular flexibility index (Phi) is 2.17. The van der Waals surface area contributed by atoms with E-state index in [0.29, 0.717) is 0 Å². The minimum absolute atomic E-state index is 0.0886.